The molecule has 1 aliphatic heterocycles. The highest BCUT2D eigenvalue weighted by atomic mass is 35.5. The van der Waals surface area contributed by atoms with Gasteiger partial charge in [0.1, 0.15) is 10.7 Å². The van der Waals surface area contributed by atoms with Crippen LogP contribution in [0.4, 0.5) is 0 Å². The Morgan fingerprint density at radius 1 is 1.03 bits per heavy atom. The van der Waals surface area contributed by atoms with Gasteiger partial charge in [-0.1, -0.05) is 35.9 Å². The minimum Gasteiger partial charge on any atom is -0.335 e. The lowest BCUT2D eigenvalue weighted by atomic mass is 10.2. The normalized spacial score (nSPS) is 15.0. The number of nitrogens with zero attached hydrogens (tertiary/aromatic N) is 3. The van der Waals surface area contributed by atoms with Crippen molar-refractivity contribution >= 4 is 44.7 Å². The Labute approximate surface area is 195 Å². The number of Topliss-reactive ketones (excluding diaryl/α,β-unsaturated/α-hetero) is 1. The molecule has 0 atom stereocenters. The van der Waals surface area contributed by atoms with E-state index in [1.54, 1.807) is 22.4 Å². The van der Waals surface area contributed by atoms with Gasteiger partial charge in [0.15, 0.2) is 5.78 Å². The monoisotopic (exact) mass is 489 g/mol. The molecule has 1 fully saturated rings. The third-order valence-corrected chi connectivity index (χ3v) is 8.26. The maximum absolute atomic E-state index is 12.9. The first-order valence-electron chi connectivity index (χ1n) is 9.87. The molecule has 1 saturated heterocycles. The van der Waals surface area contributed by atoms with E-state index in [1.165, 1.54) is 46.8 Å². The van der Waals surface area contributed by atoms with Gasteiger partial charge in [-0.25, -0.2) is 13.4 Å². The Hall–Kier alpha value is -2.59. The van der Waals surface area contributed by atoms with Gasteiger partial charge >= 0.3 is 0 Å². The van der Waals surface area contributed by atoms with E-state index < -0.39 is 10.0 Å². The molecule has 0 N–H and O–H groups in total. The van der Waals surface area contributed by atoms with E-state index in [2.05, 4.69) is 4.98 Å². The lowest BCUT2D eigenvalue weighted by Crippen LogP contribution is -2.50. The molecular weight excluding hydrogens is 470 g/mol. The summed E-state index contributed by atoms with van der Waals surface area (Å²) in [5.41, 5.74) is 1.63. The molecule has 32 heavy (non-hydrogen) atoms. The smallest absolute Gasteiger partial charge is 0.273 e. The number of thiazole rings is 1. The second kappa shape index (κ2) is 9.11. The highest BCUT2D eigenvalue weighted by molar-refractivity contribution is 7.89. The summed E-state index contributed by atoms with van der Waals surface area (Å²) in [6.07, 6.45) is 0. The zero-order valence-electron chi connectivity index (χ0n) is 17.2. The molecule has 7 nitrogen and oxygen atoms in total. The lowest BCUT2D eigenvalue weighted by Gasteiger charge is -2.33. The average Bonchev–Trinajstić information content (AvgIpc) is 3.29. The van der Waals surface area contributed by atoms with Gasteiger partial charge in [-0.15, -0.1) is 11.3 Å². The molecule has 0 saturated carbocycles. The van der Waals surface area contributed by atoms with Crippen molar-refractivity contribution in [1.29, 1.82) is 0 Å². The molecule has 0 radical (unpaired) electrons. The maximum Gasteiger partial charge on any atom is 0.273 e. The van der Waals surface area contributed by atoms with Crippen molar-refractivity contribution in [3.63, 3.8) is 0 Å². The van der Waals surface area contributed by atoms with E-state index in [1.807, 2.05) is 12.1 Å². The standard InChI is InChI=1S/C22H20ClN3O4S2/c1-15(27)16-5-7-19(8-6-16)32(29,30)26-11-9-25(10-12-26)22(28)20-14-31-21(24-20)17-3-2-4-18(23)13-17/h2-8,13-14H,9-12H2,1H3. The molecule has 3 aromatic rings. The van der Waals surface area contributed by atoms with Crippen LogP contribution in [-0.4, -0.2) is 60.5 Å². The Morgan fingerprint density at radius 3 is 2.34 bits per heavy atom. The number of piperazine rings is 1. The van der Waals surface area contributed by atoms with E-state index in [4.69, 9.17) is 11.6 Å². The Kier molecular flexibility index (Phi) is 6.43. The van der Waals surface area contributed by atoms with Crippen molar-refractivity contribution in [3.8, 4) is 10.6 Å². The second-order valence-electron chi connectivity index (χ2n) is 7.33. The van der Waals surface area contributed by atoms with Crippen LogP contribution < -0.4 is 0 Å². The predicted octanol–water partition coefficient (Wildman–Crippen LogP) is 3.81. The number of hydrogen-bond donors (Lipinski definition) is 0. The van der Waals surface area contributed by atoms with E-state index in [0.29, 0.717) is 21.3 Å². The van der Waals surface area contributed by atoms with Crippen molar-refractivity contribution in [2.75, 3.05) is 26.2 Å². The Bertz CT molecular complexity index is 1260. The molecule has 1 amide bonds. The number of halogens is 1. The number of hydrogen-bond acceptors (Lipinski definition) is 6. The second-order valence-corrected chi connectivity index (χ2v) is 10.6. The predicted molar refractivity (Wildman–Crippen MR) is 124 cm³/mol. The molecular formula is C22H20ClN3O4S2. The van der Waals surface area contributed by atoms with Crippen LogP contribution in [0.2, 0.25) is 5.02 Å². The van der Waals surface area contributed by atoms with Crippen LogP contribution >= 0.6 is 22.9 Å². The van der Waals surface area contributed by atoms with Gasteiger partial charge in [-0.05, 0) is 31.2 Å². The number of ketones is 1. The number of aromatic nitrogens is 1. The zero-order valence-corrected chi connectivity index (χ0v) is 19.6. The van der Waals surface area contributed by atoms with Crippen molar-refractivity contribution in [1.82, 2.24) is 14.2 Å². The van der Waals surface area contributed by atoms with Crippen LogP contribution in [-0.2, 0) is 10.0 Å². The maximum atomic E-state index is 12.9. The van der Waals surface area contributed by atoms with Crippen molar-refractivity contribution in [3.05, 3.63) is 70.2 Å². The SMILES string of the molecule is CC(=O)c1ccc(S(=O)(=O)N2CCN(C(=O)c3csc(-c4cccc(Cl)c4)n3)CC2)cc1. The first kappa shape index (κ1) is 22.6. The molecule has 10 heteroatoms. The number of carbonyl (C=O) groups is 2. The Balaban J connectivity index is 1.42. The molecule has 0 spiro atoms. The number of rotatable bonds is 5. The van der Waals surface area contributed by atoms with Gasteiger partial charge in [0.25, 0.3) is 5.91 Å². The van der Waals surface area contributed by atoms with Gasteiger partial charge < -0.3 is 4.90 Å². The third-order valence-electron chi connectivity index (χ3n) is 5.22. The van der Waals surface area contributed by atoms with Gasteiger partial charge in [0.05, 0.1) is 4.90 Å². The van der Waals surface area contributed by atoms with Crippen molar-refractivity contribution in [2.24, 2.45) is 0 Å². The van der Waals surface area contributed by atoms with Crippen molar-refractivity contribution in [2.45, 2.75) is 11.8 Å². The first-order chi connectivity index (χ1) is 15.3. The Morgan fingerprint density at radius 2 is 1.72 bits per heavy atom. The van der Waals surface area contributed by atoms with Crippen LogP contribution in [0.25, 0.3) is 10.6 Å². The molecule has 166 valence electrons. The number of sulfonamides is 1. The molecule has 0 unspecified atom stereocenters. The highest BCUT2D eigenvalue weighted by Crippen LogP contribution is 2.27. The molecule has 1 aromatic heterocycles. The summed E-state index contributed by atoms with van der Waals surface area (Å²) >= 11 is 7.40. The molecule has 2 heterocycles. The van der Waals surface area contributed by atoms with Crippen molar-refractivity contribution < 1.29 is 18.0 Å². The third kappa shape index (κ3) is 4.61. The van der Waals surface area contributed by atoms with Crippen LogP contribution in [0, 0.1) is 0 Å². The lowest BCUT2D eigenvalue weighted by molar-refractivity contribution is 0.0692. The van der Waals surface area contributed by atoms with E-state index >= 15 is 0 Å². The average molecular weight is 490 g/mol. The van der Waals surface area contributed by atoms with Crippen LogP contribution in [0.5, 0.6) is 0 Å². The van der Waals surface area contributed by atoms with E-state index in [0.717, 1.165) is 5.56 Å². The summed E-state index contributed by atoms with van der Waals surface area (Å²) in [5.74, 6) is -0.348. The summed E-state index contributed by atoms with van der Waals surface area (Å²) in [6.45, 7) is 2.35. The molecule has 4 rings (SSSR count). The van der Waals surface area contributed by atoms with E-state index in [-0.39, 0.29) is 42.8 Å². The van der Waals surface area contributed by atoms with Gasteiger partial charge in [-0.3, -0.25) is 9.59 Å². The fourth-order valence-corrected chi connectivity index (χ4v) is 5.83. The van der Waals surface area contributed by atoms with Crippen LogP contribution in [0.1, 0.15) is 27.8 Å². The van der Waals surface area contributed by atoms with Crippen LogP contribution in [0.3, 0.4) is 0 Å². The summed E-state index contributed by atoms with van der Waals surface area (Å²) in [7, 11) is -3.70. The summed E-state index contributed by atoms with van der Waals surface area (Å²) in [6, 6.07) is 13.2. The quantitative estimate of drug-likeness (QED) is 0.508. The number of amides is 1. The molecule has 1 aliphatic rings. The fraction of sp³-hybridized carbons (Fsp3) is 0.227. The van der Waals surface area contributed by atoms with Crippen LogP contribution in [0.15, 0.2) is 58.8 Å². The van der Waals surface area contributed by atoms with E-state index in [9.17, 15) is 18.0 Å². The minimum atomic E-state index is -3.70. The van der Waals surface area contributed by atoms with Gasteiger partial charge in [-0.2, -0.15) is 4.31 Å². The largest absolute Gasteiger partial charge is 0.335 e. The summed E-state index contributed by atoms with van der Waals surface area (Å²) in [4.78, 5) is 30.5. The topological polar surface area (TPSA) is 87.7 Å². The van der Waals surface area contributed by atoms with Gasteiger partial charge in [0.2, 0.25) is 10.0 Å². The molecule has 2 aromatic carbocycles. The highest BCUT2D eigenvalue weighted by Gasteiger charge is 2.31. The zero-order chi connectivity index (χ0) is 22.9. The summed E-state index contributed by atoms with van der Waals surface area (Å²) < 4.78 is 27.2. The summed E-state index contributed by atoms with van der Waals surface area (Å²) in [5, 5.41) is 3.00. The minimum absolute atomic E-state index is 0.123. The first-order valence-corrected chi connectivity index (χ1v) is 12.6. The number of carbonyl (C=O) groups excluding carboxylic acids is 2. The number of benzene rings is 2. The fourth-order valence-electron chi connectivity index (χ4n) is 3.43. The molecule has 0 bridgehead atoms. The molecule has 0 aliphatic carbocycles. The van der Waals surface area contributed by atoms with Gasteiger partial charge in [0, 0.05) is 47.7 Å².